The number of rotatable bonds is 7. The summed E-state index contributed by atoms with van der Waals surface area (Å²) in [5.41, 5.74) is 3.20. The molecule has 1 atom stereocenters. The number of hydrogen-bond acceptors (Lipinski definition) is 4. The maximum atomic E-state index is 13.0. The Morgan fingerprint density at radius 3 is 2.35 bits per heavy atom. The van der Waals surface area contributed by atoms with Crippen LogP contribution in [0.25, 0.3) is 11.1 Å². The minimum absolute atomic E-state index is 0.0652. The summed E-state index contributed by atoms with van der Waals surface area (Å²) in [4.78, 5) is 24.9. The van der Waals surface area contributed by atoms with Gasteiger partial charge < -0.3 is 20.1 Å². The number of nitrogens with one attached hydrogen (secondary N) is 2. The van der Waals surface area contributed by atoms with Gasteiger partial charge in [-0.3, -0.25) is 9.59 Å². The molecule has 0 aromatic heterocycles. The predicted octanol–water partition coefficient (Wildman–Crippen LogP) is 4.23. The molecule has 166 valence electrons. The molecule has 0 saturated carbocycles. The van der Waals surface area contributed by atoms with Gasteiger partial charge in [-0.15, -0.1) is 0 Å². The van der Waals surface area contributed by atoms with E-state index in [1.807, 2.05) is 30.3 Å². The second-order valence-corrected chi connectivity index (χ2v) is 14.1. The van der Waals surface area contributed by atoms with E-state index < -0.39 is 8.07 Å². The van der Waals surface area contributed by atoms with E-state index in [-0.39, 0.29) is 17.7 Å². The zero-order valence-electron chi connectivity index (χ0n) is 19.0. The molecule has 2 N–H and O–H groups in total. The predicted molar refractivity (Wildman–Crippen MR) is 128 cm³/mol. The molecule has 1 aliphatic heterocycles. The standard InChI is InChI=1S/C24H32N2O4Si/c1-16(27)25-20-10-11-21(31(3,4)5)23(18-6-8-19(29-2)9-7-18)24(20)26-22(28)14-17-12-13-30-15-17/h6-11,17H,12-15H2,1-5H3,(H,25,27)(H,26,28). The summed E-state index contributed by atoms with van der Waals surface area (Å²) in [5, 5.41) is 7.24. The Balaban J connectivity index is 2.11. The van der Waals surface area contributed by atoms with Crippen molar-refractivity contribution in [1.82, 2.24) is 0 Å². The molecule has 1 unspecified atom stereocenters. The zero-order chi connectivity index (χ0) is 22.6. The lowest BCUT2D eigenvalue weighted by atomic mass is 10.0. The van der Waals surface area contributed by atoms with E-state index in [1.165, 1.54) is 12.1 Å². The molecule has 7 heteroatoms. The molecule has 1 saturated heterocycles. The average molecular weight is 441 g/mol. The summed E-state index contributed by atoms with van der Waals surface area (Å²) in [7, 11) is -0.142. The van der Waals surface area contributed by atoms with Crippen LogP contribution in [0.5, 0.6) is 5.75 Å². The van der Waals surface area contributed by atoms with Gasteiger partial charge in [-0.25, -0.2) is 0 Å². The first kappa shape index (κ1) is 23.0. The molecule has 0 spiro atoms. The normalized spacial score (nSPS) is 16.1. The Bertz CT molecular complexity index is 945. The van der Waals surface area contributed by atoms with Gasteiger partial charge in [-0.2, -0.15) is 0 Å². The van der Waals surface area contributed by atoms with Crippen molar-refractivity contribution >= 4 is 36.4 Å². The van der Waals surface area contributed by atoms with E-state index in [9.17, 15) is 9.59 Å². The second kappa shape index (κ2) is 9.66. The third kappa shape index (κ3) is 5.74. The van der Waals surface area contributed by atoms with E-state index in [4.69, 9.17) is 9.47 Å². The lowest BCUT2D eigenvalue weighted by Gasteiger charge is -2.26. The van der Waals surface area contributed by atoms with Crippen LogP contribution in [0.2, 0.25) is 19.6 Å². The van der Waals surface area contributed by atoms with Crippen molar-refractivity contribution in [3.8, 4) is 16.9 Å². The smallest absolute Gasteiger partial charge is 0.224 e. The molecule has 0 bridgehead atoms. The van der Waals surface area contributed by atoms with Crippen LogP contribution in [0.1, 0.15) is 19.8 Å². The number of methoxy groups -OCH3 is 1. The third-order valence-electron chi connectivity index (χ3n) is 5.47. The highest BCUT2D eigenvalue weighted by Crippen LogP contribution is 2.36. The highest BCUT2D eigenvalue weighted by Gasteiger charge is 2.27. The van der Waals surface area contributed by atoms with Crippen molar-refractivity contribution in [3.05, 3.63) is 36.4 Å². The molecule has 1 aliphatic rings. The SMILES string of the molecule is COc1ccc(-c2c([Si](C)(C)C)ccc(NC(C)=O)c2NC(=O)CC2CCOC2)cc1. The number of carbonyl (C=O) groups excluding carboxylic acids is 2. The van der Waals surface area contributed by atoms with Crippen molar-refractivity contribution in [3.63, 3.8) is 0 Å². The maximum absolute atomic E-state index is 13.0. The van der Waals surface area contributed by atoms with Crippen LogP contribution < -0.4 is 20.6 Å². The first-order chi connectivity index (χ1) is 14.7. The summed E-state index contributed by atoms with van der Waals surface area (Å²) in [6.45, 7) is 9.61. The lowest BCUT2D eigenvalue weighted by molar-refractivity contribution is -0.117. The Hall–Kier alpha value is -2.64. The van der Waals surface area contributed by atoms with E-state index in [2.05, 4.69) is 36.3 Å². The highest BCUT2D eigenvalue weighted by atomic mass is 28.3. The Morgan fingerprint density at radius 2 is 1.81 bits per heavy atom. The first-order valence-electron chi connectivity index (χ1n) is 10.7. The largest absolute Gasteiger partial charge is 0.497 e. The first-order valence-corrected chi connectivity index (χ1v) is 14.2. The quantitative estimate of drug-likeness (QED) is 0.632. The number of carbonyl (C=O) groups is 2. The van der Waals surface area contributed by atoms with Crippen LogP contribution in [0.15, 0.2) is 36.4 Å². The zero-order valence-corrected chi connectivity index (χ0v) is 20.0. The lowest BCUT2D eigenvalue weighted by Crippen LogP contribution is -2.39. The molecule has 2 aromatic rings. The maximum Gasteiger partial charge on any atom is 0.224 e. The number of amides is 2. The van der Waals surface area contributed by atoms with E-state index in [0.717, 1.165) is 23.3 Å². The van der Waals surface area contributed by atoms with E-state index in [0.29, 0.717) is 31.0 Å². The fraction of sp³-hybridized carbons (Fsp3) is 0.417. The van der Waals surface area contributed by atoms with Gasteiger partial charge >= 0.3 is 0 Å². The fourth-order valence-electron chi connectivity index (χ4n) is 3.91. The fourth-order valence-corrected chi connectivity index (χ4v) is 5.51. The molecular weight excluding hydrogens is 408 g/mol. The Morgan fingerprint density at radius 1 is 1.10 bits per heavy atom. The van der Waals surface area contributed by atoms with Gasteiger partial charge in [0.05, 0.1) is 26.6 Å². The van der Waals surface area contributed by atoms with Gasteiger partial charge in [-0.1, -0.05) is 43.0 Å². The molecule has 0 aliphatic carbocycles. The van der Waals surface area contributed by atoms with Gasteiger partial charge in [0.1, 0.15) is 5.75 Å². The molecule has 2 amide bonds. The summed E-state index contributed by atoms with van der Waals surface area (Å²) in [6.07, 6.45) is 1.30. The van der Waals surface area contributed by atoms with Gasteiger partial charge in [0.15, 0.2) is 0 Å². The van der Waals surface area contributed by atoms with Crippen LogP contribution in [-0.2, 0) is 14.3 Å². The second-order valence-electron chi connectivity index (χ2n) is 9.05. The summed E-state index contributed by atoms with van der Waals surface area (Å²) in [5.74, 6) is 0.752. The van der Waals surface area contributed by atoms with Crippen molar-refractivity contribution in [1.29, 1.82) is 0 Å². The molecule has 2 aromatic carbocycles. The van der Waals surface area contributed by atoms with Gasteiger partial charge in [-0.05, 0) is 36.1 Å². The molecule has 6 nitrogen and oxygen atoms in total. The minimum Gasteiger partial charge on any atom is -0.497 e. The molecule has 31 heavy (non-hydrogen) atoms. The molecule has 1 heterocycles. The van der Waals surface area contributed by atoms with Gasteiger partial charge in [0.25, 0.3) is 0 Å². The molecule has 1 fully saturated rings. The topological polar surface area (TPSA) is 76.7 Å². The number of anilines is 2. The minimum atomic E-state index is -1.78. The molecule has 3 rings (SSSR count). The average Bonchev–Trinajstić information content (AvgIpc) is 3.20. The molecular formula is C24H32N2O4Si. The van der Waals surface area contributed by atoms with E-state index >= 15 is 0 Å². The monoisotopic (exact) mass is 440 g/mol. The van der Waals surface area contributed by atoms with Crippen molar-refractivity contribution < 1.29 is 19.1 Å². The Labute approximate surface area is 185 Å². The summed E-state index contributed by atoms with van der Waals surface area (Å²) >= 11 is 0. The number of benzene rings is 2. The number of hydrogen-bond donors (Lipinski definition) is 2. The third-order valence-corrected chi connectivity index (χ3v) is 7.50. The van der Waals surface area contributed by atoms with Crippen LogP contribution in [0, 0.1) is 5.92 Å². The van der Waals surface area contributed by atoms with Gasteiger partial charge in [0.2, 0.25) is 11.8 Å². The number of ether oxygens (including phenoxy) is 2. The molecule has 0 radical (unpaired) electrons. The summed E-state index contributed by atoms with van der Waals surface area (Å²) in [6, 6.07) is 11.8. The van der Waals surface area contributed by atoms with Crippen molar-refractivity contribution in [2.75, 3.05) is 31.0 Å². The van der Waals surface area contributed by atoms with Crippen molar-refractivity contribution in [2.45, 2.75) is 39.4 Å². The van der Waals surface area contributed by atoms with Crippen LogP contribution in [-0.4, -0.2) is 40.2 Å². The highest BCUT2D eigenvalue weighted by molar-refractivity contribution is 6.89. The van der Waals surface area contributed by atoms with Crippen LogP contribution >= 0.6 is 0 Å². The Kier molecular flexibility index (Phi) is 7.18. The van der Waals surface area contributed by atoms with Crippen molar-refractivity contribution in [2.24, 2.45) is 5.92 Å². The van der Waals surface area contributed by atoms with Crippen LogP contribution in [0.4, 0.5) is 11.4 Å². The summed E-state index contributed by atoms with van der Waals surface area (Å²) < 4.78 is 10.7. The van der Waals surface area contributed by atoms with Crippen LogP contribution in [0.3, 0.4) is 0 Å². The van der Waals surface area contributed by atoms with E-state index in [1.54, 1.807) is 7.11 Å². The van der Waals surface area contributed by atoms with Gasteiger partial charge in [0, 0.05) is 32.1 Å².